The molecule has 0 aromatic heterocycles. The lowest BCUT2D eigenvalue weighted by Gasteiger charge is -2.04. The molecule has 120 valence electrons. The van der Waals surface area contributed by atoms with Crippen molar-refractivity contribution in [3.63, 3.8) is 0 Å². The average Bonchev–Trinajstić information content (AvgIpc) is 2.52. The number of ether oxygens (including phenoxy) is 2. The van der Waals surface area contributed by atoms with Crippen molar-refractivity contribution in [1.82, 2.24) is 0 Å². The molecular formula is C17H22O5. The number of carbonyl (C=O) groups is 2. The molecule has 0 unspecified atom stereocenters. The number of aromatic hydroxyl groups is 1. The molecule has 0 heterocycles. The minimum Gasteiger partial charge on any atom is -0.508 e. The third kappa shape index (κ3) is 7.47. The molecule has 0 saturated carbocycles. The quantitative estimate of drug-likeness (QED) is 0.431. The number of unbranched alkanes of at least 4 members (excludes halogenated alkanes) is 3. The topological polar surface area (TPSA) is 72.8 Å². The molecule has 0 saturated heterocycles. The van der Waals surface area contributed by atoms with E-state index in [9.17, 15) is 14.7 Å². The number of phenols is 1. The van der Waals surface area contributed by atoms with Crippen LogP contribution >= 0.6 is 0 Å². The first kappa shape index (κ1) is 17.8. The van der Waals surface area contributed by atoms with Crippen LogP contribution in [0.1, 0.15) is 38.2 Å². The Balaban J connectivity index is 2.23. The van der Waals surface area contributed by atoms with E-state index in [-0.39, 0.29) is 12.4 Å². The Morgan fingerprint density at radius 2 is 1.73 bits per heavy atom. The SMILES string of the molecule is CCCCCCOC(=O)/C=C/C(=O)OCc1ccccc1O. The van der Waals surface area contributed by atoms with E-state index in [0.29, 0.717) is 12.2 Å². The summed E-state index contributed by atoms with van der Waals surface area (Å²) < 4.78 is 9.87. The van der Waals surface area contributed by atoms with Crippen molar-refractivity contribution in [3.8, 4) is 5.75 Å². The van der Waals surface area contributed by atoms with Crippen LogP contribution in [0.15, 0.2) is 36.4 Å². The van der Waals surface area contributed by atoms with Gasteiger partial charge in [-0.05, 0) is 12.5 Å². The monoisotopic (exact) mass is 306 g/mol. The Hall–Kier alpha value is -2.30. The maximum absolute atomic E-state index is 11.4. The van der Waals surface area contributed by atoms with Gasteiger partial charge in [0.15, 0.2) is 0 Å². The van der Waals surface area contributed by atoms with Crippen molar-refractivity contribution >= 4 is 11.9 Å². The summed E-state index contributed by atoms with van der Waals surface area (Å²) in [7, 11) is 0. The predicted molar refractivity (Wildman–Crippen MR) is 82.1 cm³/mol. The van der Waals surface area contributed by atoms with E-state index < -0.39 is 11.9 Å². The molecule has 0 spiro atoms. The lowest BCUT2D eigenvalue weighted by Crippen LogP contribution is -2.05. The molecule has 0 aliphatic heterocycles. The lowest BCUT2D eigenvalue weighted by molar-refractivity contribution is -0.141. The maximum atomic E-state index is 11.4. The van der Waals surface area contributed by atoms with Crippen molar-refractivity contribution in [1.29, 1.82) is 0 Å². The molecule has 1 aromatic carbocycles. The van der Waals surface area contributed by atoms with Gasteiger partial charge in [0.25, 0.3) is 0 Å². The van der Waals surface area contributed by atoms with Gasteiger partial charge in [0.05, 0.1) is 6.61 Å². The number of hydrogen-bond acceptors (Lipinski definition) is 5. The van der Waals surface area contributed by atoms with E-state index in [1.165, 1.54) is 6.07 Å². The van der Waals surface area contributed by atoms with Gasteiger partial charge in [-0.15, -0.1) is 0 Å². The summed E-state index contributed by atoms with van der Waals surface area (Å²) in [5, 5.41) is 9.52. The molecular weight excluding hydrogens is 284 g/mol. The number of benzene rings is 1. The summed E-state index contributed by atoms with van der Waals surface area (Å²) in [4.78, 5) is 22.8. The number of rotatable bonds is 9. The molecule has 0 radical (unpaired) electrons. The van der Waals surface area contributed by atoms with E-state index in [0.717, 1.165) is 37.8 Å². The van der Waals surface area contributed by atoms with Gasteiger partial charge in [-0.25, -0.2) is 9.59 Å². The number of esters is 2. The van der Waals surface area contributed by atoms with Crippen LogP contribution in [-0.4, -0.2) is 23.7 Å². The van der Waals surface area contributed by atoms with Crippen LogP contribution in [0.5, 0.6) is 5.75 Å². The minimum atomic E-state index is -0.661. The molecule has 1 N–H and O–H groups in total. The van der Waals surface area contributed by atoms with Crippen LogP contribution < -0.4 is 0 Å². The molecule has 1 rings (SSSR count). The Morgan fingerprint density at radius 3 is 2.41 bits per heavy atom. The van der Waals surface area contributed by atoms with Crippen molar-refractivity contribution in [2.45, 2.75) is 39.2 Å². The molecule has 1 aromatic rings. The van der Waals surface area contributed by atoms with Crippen LogP contribution in [0.3, 0.4) is 0 Å². The summed E-state index contributed by atoms with van der Waals surface area (Å²) >= 11 is 0. The minimum absolute atomic E-state index is 0.0537. The molecule has 0 fully saturated rings. The molecule has 5 heteroatoms. The summed E-state index contributed by atoms with van der Waals surface area (Å²) in [6.07, 6.45) is 6.16. The molecule has 0 aliphatic rings. The van der Waals surface area contributed by atoms with Gasteiger partial charge in [0.1, 0.15) is 12.4 Å². The molecule has 0 amide bonds. The van der Waals surface area contributed by atoms with Gasteiger partial charge >= 0.3 is 11.9 Å². The Morgan fingerprint density at radius 1 is 1.05 bits per heavy atom. The highest BCUT2D eigenvalue weighted by atomic mass is 16.5. The number of phenolic OH excluding ortho intramolecular Hbond substituents is 1. The van der Waals surface area contributed by atoms with E-state index in [1.807, 2.05) is 0 Å². The normalized spacial score (nSPS) is 10.6. The van der Waals surface area contributed by atoms with E-state index in [1.54, 1.807) is 18.2 Å². The number of para-hydroxylation sites is 1. The van der Waals surface area contributed by atoms with Gasteiger partial charge in [-0.2, -0.15) is 0 Å². The highest BCUT2D eigenvalue weighted by molar-refractivity contribution is 5.91. The smallest absolute Gasteiger partial charge is 0.331 e. The van der Waals surface area contributed by atoms with Gasteiger partial charge in [0, 0.05) is 17.7 Å². The second kappa shape index (κ2) is 10.4. The second-order valence-electron chi connectivity index (χ2n) is 4.80. The van der Waals surface area contributed by atoms with Gasteiger partial charge in [0.2, 0.25) is 0 Å². The first-order valence-electron chi connectivity index (χ1n) is 7.42. The Bertz CT molecular complexity index is 508. The summed E-state index contributed by atoms with van der Waals surface area (Å²) in [6.45, 7) is 2.41. The molecule has 22 heavy (non-hydrogen) atoms. The first-order chi connectivity index (χ1) is 10.6. The highest BCUT2D eigenvalue weighted by Gasteiger charge is 2.04. The summed E-state index contributed by atoms with van der Waals surface area (Å²) in [6, 6.07) is 6.57. The molecule has 0 atom stereocenters. The Kier molecular flexibility index (Phi) is 8.42. The fraction of sp³-hybridized carbons (Fsp3) is 0.412. The van der Waals surface area contributed by atoms with Crippen molar-refractivity contribution in [3.05, 3.63) is 42.0 Å². The third-order valence-electron chi connectivity index (χ3n) is 2.96. The van der Waals surface area contributed by atoms with Crippen LogP contribution in [0.25, 0.3) is 0 Å². The van der Waals surface area contributed by atoms with Gasteiger partial charge in [-0.3, -0.25) is 0 Å². The fourth-order valence-electron chi connectivity index (χ4n) is 1.72. The largest absolute Gasteiger partial charge is 0.508 e. The zero-order valence-corrected chi connectivity index (χ0v) is 12.8. The molecule has 0 aliphatic carbocycles. The molecule has 5 nitrogen and oxygen atoms in total. The third-order valence-corrected chi connectivity index (χ3v) is 2.96. The van der Waals surface area contributed by atoms with Crippen molar-refractivity contribution in [2.24, 2.45) is 0 Å². The predicted octanol–water partition coefficient (Wildman–Crippen LogP) is 3.12. The van der Waals surface area contributed by atoms with Crippen LogP contribution in [-0.2, 0) is 25.7 Å². The zero-order chi connectivity index (χ0) is 16.2. The summed E-state index contributed by atoms with van der Waals surface area (Å²) in [5.74, 6) is -1.16. The first-order valence-corrected chi connectivity index (χ1v) is 7.42. The van der Waals surface area contributed by atoms with Crippen LogP contribution in [0.2, 0.25) is 0 Å². The number of carbonyl (C=O) groups excluding carboxylic acids is 2. The summed E-state index contributed by atoms with van der Waals surface area (Å²) in [5.41, 5.74) is 0.503. The van der Waals surface area contributed by atoms with Gasteiger partial charge < -0.3 is 14.6 Å². The molecule has 0 bridgehead atoms. The van der Waals surface area contributed by atoms with Crippen molar-refractivity contribution in [2.75, 3.05) is 6.61 Å². The van der Waals surface area contributed by atoms with E-state index >= 15 is 0 Å². The van der Waals surface area contributed by atoms with Gasteiger partial charge in [-0.1, -0.05) is 44.4 Å². The number of hydrogen-bond donors (Lipinski definition) is 1. The lowest BCUT2D eigenvalue weighted by atomic mass is 10.2. The van der Waals surface area contributed by atoms with Crippen LogP contribution in [0.4, 0.5) is 0 Å². The van der Waals surface area contributed by atoms with E-state index in [2.05, 4.69) is 6.92 Å². The standard InChI is InChI=1S/C17H22O5/c1-2-3-4-7-12-21-16(19)10-11-17(20)22-13-14-8-5-6-9-15(14)18/h5-6,8-11,18H,2-4,7,12-13H2,1H3/b11-10+. The highest BCUT2D eigenvalue weighted by Crippen LogP contribution is 2.16. The van der Waals surface area contributed by atoms with Crippen molar-refractivity contribution < 1.29 is 24.2 Å². The fourth-order valence-corrected chi connectivity index (χ4v) is 1.72. The zero-order valence-electron chi connectivity index (χ0n) is 12.8. The van der Waals surface area contributed by atoms with E-state index in [4.69, 9.17) is 9.47 Å². The average molecular weight is 306 g/mol. The maximum Gasteiger partial charge on any atom is 0.331 e. The Labute approximate surface area is 130 Å². The van der Waals surface area contributed by atoms with Crippen LogP contribution in [0, 0.1) is 0 Å². The second-order valence-corrected chi connectivity index (χ2v) is 4.80.